The molecule has 0 saturated carbocycles. The summed E-state index contributed by atoms with van der Waals surface area (Å²) in [4.78, 5) is 29.3. The minimum absolute atomic E-state index is 0.0148. The van der Waals surface area contributed by atoms with Gasteiger partial charge in [-0.3, -0.25) is 9.59 Å². The number of carbonyl (C=O) groups excluding carboxylic acids is 1. The normalized spacial score (nSPS) is 11.6. The number of nitrogens with zero attached hydrogens (tertiary/aromatic N) is 4. The molecule has 1 N–H and O–H groups in total. The van der Waals surface area contributed by atoms with Crippen LogP contribution < -0.4 is 10.9 Å². The van der Waals surface area contributed by atoms with Gasteiger partial charge in [-0.05, 0) is 25.1 Å². The van der Waals surface area contributed by atoms with Crippen LogP contribution in [-0.4, -0.2) is 25.1 Å². The lowest BCUT2D eigenvalue weighted by molar-refractivity contribution is -0.137. The zero-order valence-electron chi connectivity index (χ0n) is 16.2. The summed E-state index contributed by atoms with van der Waals surface area (Å²) in [6, 6.07) is 14.7. The van der Waals surface area contributed by atoms with Crippen LogP contribution in [0.15, 0.2) is 65.5 Å². The molecule has 158 valence electrons. The van der Waals surface area contributed by atoms with Crippen molar-refractivity contribution >= 4 is 17.4 Å². The number of amides is 1. The SMILES string of the molecule is Cc1cc(=O)n2nc(-c3ccccc3)nc2n1CC(=O)Nc1cccc(C(F)(F)F)c1. The van der Waals surface area contributed by atoms with Crippen LogP contribution >= 0.6 is 0 Å². The highest BCUT2D eigenvalue weighted by atomic mass is 19.4. The Morgan fingerprint density at radius 3 is 2.52 bits per heavy atom. The summed E-state index contributed by atoms with van der Waals surface area (Å²) < 4.78 is 41.3. The van der Waals surface area contributed by atoms with Crippen LogP contribution in [0, 0.1) is 6.92 Å². The van der Waals surface area contributed by atoms with Crippen molar-refractivity contribution in [3.8, 4) is 11.4 Å². The Kier molecular flexibility index (Phi) is 5.05. The standard InChI is InChI=1S/C21H16F3N5O2/c1-13-10-18(31)29-20(26-19(27-29)14-6-3-2-4-7-14)28(13)12-17(30)25-16-9-5-8-15(11-16)21(22,23)24/h2-11H,12H2,1H3,(H,25,30). The van der Waals surface area contributed by atoms with E-state index in [9.17, 15) is 22.8 Å². The average Bonchev–Trinajstić information content (AvgIpc) is 3.17. The molecular formula is C21H16F3N5O2. The van der Waals surface area contributed by atoms with Gasteiger partial charge in [0.2, 0.25) is 11.7 Å². The van der Waals surface area contributed by atoms with Gasteiger partial charge in [-0.15, -0.1) is 5.10 Å². The van der Waals surface area contributed by atoms with Gasteiger partial charge in [-0.1, -0.05) is 36.4 Å². The van der Waals surface area contributed by atoms with E-state index in [1.807, 2.05) is 6.07 Å². The molecule has 0 unspecified atom stereocenters. The summed E-state index contributed by atoms with van der Waals surface area (Å²) in [6.45, 7) is 1.37. The Labute approximate surface area is 173 Å². The molecule has 7 nitrogen and oxygen atoms in total. The lowest BCUT2D eigenvalue weighted by atomic mass is 10.2. The fraction of sp³-hybridized carbons (Fsp3) is 0.143. The average molecular weight is 427 g/mol. The molecule has 0 saturated heterocycles. The van der Waals surface area contributed by atoms with Crippen LogP contribution in [0.5, 0.6) is 0 Å². The van der Waals surface area contributed by atoms with E-state index >= 15 is 0 Å². The maximum absolute atomic E-state index is 12.9. The quantitative estimate of drug-likeness (QED) is 0.540. The van der Waals surface area contributed by atoms with Gasteiger partial charge in [0.1, 0.15) is 6.54 Å². The topological polar surface area (TPSA) is 81.3 Å². The molecule has 0 radical (unpaired) electrons. The third kappa shape index (κ3) is 4.18. The van der Waals surface area contributed by atoms with Crippen molar-refractivity contribution < 1.29 is 18.0 Å². The first-order chi connectivity index (χ1) is 14.7. The highest BCUT2D eigenvalue weighted by Crippen LogP contribution is 2.30. The fourth-order valence-corrected chi connectivity index (χ4v) is 3.12. The second-order valence-corrected chi connectivity index (χ2v) is 6.85. The number of nitrogens with one attached hydrogen (secondary N) is 1. The zero-order chi connectivity index (χ0) is 22.2. The Hall–Kier alpha value is -3.95. The Bertz CT molecular complexity index is 1330. The molecule has 0 fully saturated rings. The van der Waals surface area contributed by atoms with Gasteiger partial charge in [0, 0.05) is 23.0 Å². The van der Waals surface area contributed by atoms with Gasteiger partial charge in [0.05, 0.1) is 5.56 Å². The van der Waals surface area contributed by atoms with E-state index in [-0.39, 0.29) is 18.0 Å². The number of aromatic nitrogens is 4. The summed E-state index contributed by atoms with van der Waals surface area (Å²) >= 11 is 0. The highest BCUT2D eigenvalue weighted by molar-refractivity contribution is 5.91. The third-order valence-corrected chi connectivity index (χ3v) is 4.61. The summed E-state index contributed by atoms with van der Waals surface area (Å²) in [5, 5.41) is 6.68. The van der Waals surface area contributed by atoms with E-state index in [1.54, 1.807) is 31.2 Å². The molecule has 0 atom stereocenters. The van der Waals surface area contributed by atoms with Gasteiger partial charge in [0.15, 0.2) is 5.82 Å². The van der Waals surface area contributed by atoms with E-state index in [0.29, 0.717) is 17.1 Å². The maximum Gasteiger partial charge on any atom is 0.416 e. The molecule has 0 aliphatic rings. The predicted octanol–water partition coefficient (Wildman–Crippen LogP) is 3.52. The predicted molar refractivity (Wildman–Crippen MR) is 107 cm³/mol. The number of benzene rings is 2. The second-order valence-electron chi connectivity index (χ2n) is 6.85. The summed E-state index contributed by atoms with van der Waals surface area (Å²) in [5.41, 5.74) is -0.0955. The summed E-state index contributed by atoms with van der Waals surface area (Å²) in [7, 11) is 0. The number of hydrogen-bond donors (Lipinski definition) is 1. The molecule has 4 rings (SSSR count). The second kappa shape index (κ2) is 7.71. The third-order valence-electron chi connectivity index (χ3n) is 4.61. The minimum Gasteiger partial charge on any atom is -0.325 e. The monoisotopic (exact) mass is 427 g/mol. The number of halogens is 3. The van der Waals surface area contributed by atoms with E-state index in [4.69, 9.17) is 0 Å². The number of aryl methyl sites for hydroxylation is 1. The lowest BCUT2D eigenvalue weighted by Crippen LogP contribution is -2.25. The molecular weight excluding hydrogens is 411 g/mol. The number of carbonyl (C=O) groups is 1. The Morgan fingerprint density at radius 1 is 1.06 bits per heavy atom. The Morgan fingerprint density at radius 2 is 1.81 bits per heavy atom. The molecule has 2 heterocycles. The van der Waals surface area contributed by atoms with E-state index in [0.717, 1.165) is 16.6 Å². The molecule has 2 aromatic carbocycles. The number of hydrogen-bond acceptors (Lipinski definition) is 4. The number of anilines is 1. The molecule has 10 heteroatoms. The van der Waals surface area contributed by atoms with Crippen LogP contribution in [0.25, 0.3) is 17.2 Å². The first-order valence-electron chi connectivity index (χ1n) is 9.22. The summed E-state index contributed by atoms with van der Waals surface area (Å²) in [5.74, 6) is -0.101. The van der Waals surface area contributed by atoms with Crippen molar-refractivity contribution in [1.29, 1.82) is 0 Å². The van der Waals surface area contributed by atoms with Crippen molar-refractivity contribution in [3.63, 3.8) is 0 Å². The van der Waals surface area contributed by atoms with Crippen LogP contribution in [0.4, 0.5) is 18.9 Å². The number of fused-ring (bicyclic) bond motifs is 1. The molecule has 0 spiro atoms. The number of alkyl halides is 3. The molecule has 0 aliphatic heterocycles. The molecule has 4 aromatic rings. The van der Waals surface area contributed by atoms with Crippen LogP contribution in [0.3, 0.4) is 0 Å². The van der Waals surface area contributed by atoms with E-state index in [2.05, 4.69) is 15.4 Å². The van der Waals surface area contributed by atoms with Gasteiger partial charge < -0.3 is 9.88 Å². The van der Waals surface area contributed by atoms with Crippen LogP contribution in [0.2, 0.25) is 0 Å². The van der Waals surface area contributed by atoms with Crippen LogP contribution in [0.1, 0.15) is 11.3 Å². The molecule has 1 amide bonds. The Balaban J connectivity index is 1.66. The van der Waals surface area contributed by atoms with Crippen molar-refractivity contribution in [2.45, 2.75) is 19.6 Å². The largest absolute Gasteiger partial charge is 0.416 e. The number of rotatable bonds is 4. The van der Waals surface area contributed by atoms with Crippen molar-refractivity contribution in [2.75, 3.05) is 5.32 Å². The van der Waals surface area contributed by atoms with Crippen LogP contribution in [-0.2, 0) is 17.5 Å². The fourth-order valence-electron chi connectivity index (χ4n) is 3.12. The van der Waals surface area contributed by atoms with Gasteiger partial charge in [0.25, 0.3) is 5.56 Å². The van der Waals surface area contributed by atoms with E-state index < -0.39 is 23.2 Å². The lowest BCUT2D eigenvalue weighted by Gasteiger charge is -2.13. The first-order valence-corrected chi connectivity index (χ1v) is 9.22. The highest BCUT2D eigenvalue weighted by Gasteiger charge is 2.30. The van der Waals surface area contributed by atoms with Gasteiger partial charge in [-0.25, -0.2) is 0 Å². The zero-order valence-corrected chi connectivity index (χ0v) is 16.2. The van der Waals surface area contributed by atoms with Crippen molar-refractivity contribution in [1.82, 2.24) is 19.2 Å². The molecule has 31 heavy (non-hydrogen) atoms. The molecule has 2 aromatic heterocycles. The molecule has 0 bridgehead atoms. The van der Waals surface area contributed by atoms with Gasteiger partial charge in [-0.2, -0.15) is 22.7 Å². The van der Waals surface area contributed by atoms with Crippen molar-refractivity contribution in [2.24, 2.45) is 0 Å². The minimum atomic E-state index is -4.52. The molecule has 0 aliphatic carbocycles. The first kappa shape index (κ1) is 20.3. The smallest absolute Gasteiger partial charge is 0.325 e. The summed E-state index contributed by atoms with van der Waals surface area (Å²) in [6.07, 6.45) is -4.52. The van der Waals surface area contributed by atoms with Crippen molar-refractivity contribution in [3.05, 3.63) is 82.3 Å². The van der Waals surface area contributed by atoms with E-state index in [1.165, 1.54) is 22.8 Å². The maximum atomic E-state index is 12.9. The van der Waals surface area contributed by atoms with Gasteiger partial charge >= 0.3 is 6.18 Å².